The number of anilines is 1. The topological polar surface area (TPSA) is 82.1 Å². The molecule has 0 amide bonds. The number of rotatable bonds is 6. The Kier molecular flexibility index (Phi) is 4.45. The molecule has 1 saturated heterocycles. The molecule has 1 aliphatic heterocycles. The van der Waals surface area contributed by atoms with Crippen molar-refractivity contribution in [2.45, 2.75) is 49.6 Å². The van der Waals surface area contributed by atoms with Crippen molar-refractivity contribution in [2.75, 3.05) is 31.2 Å². The fourth-order valence-electron chi connectivity index (χ4n) is 2.69. The van der Waals surface area contributed by atoms with Crippen LogP contribution in [0, 0.1) is 0 Å². The third-order valence-electron chi connectivity index (χ3n) is 4.16. The van der Waals surface area contributed by atoms with E-state index >= 15 is 0 Å². The summed E-state index contributed by atoms with van der Waals surface area (Å²) in [5.41, 5.74) is 0. The lowest BCUT2D eigenvalue weighted by Gasteiger charge is -2.27. The highest BCUT2D eigenvalue weighted by Gasteiger charge is 2.32. The molecule has 2 aromatic rings. The molecule has 0 N–H and O–H groups in total. The zero-order valence-corrected chi connectivity index (χ0v) is 14.8. The minimum absolute atomic E-state index is 0.249. The Labute approximate surface area is 144 Å². The zero-order valence-electron chi connectivity index (χ0n) is 14.0. The van der Waals surface area contributed by atoms with Crippen molar-refractivity contribution in [3.05, 3.63) is 11.7 Å². The molecule has 3 heterocycles. The molecule has 0 spiro atoms. The van der Waals surface area contributed by atoms with Crippen molar-refractivity contribution in [2.24, 2.45) is 0 Å². The first-order chi connectivity index (χ1) is 11.7. The fraction of sp³-hybridized carbons (Fsp3) is 0.733. The van der Waals surface area contributed by atoms with Crippen molar-refractivity contribution >= 4 is 17.7 Å². The first-order valence-electron chi connectivity index (χ1n) is 8.45. The highest BCUT2D eigenvalue weighted by Crippen LogP contribution is 2.41. The molecule has 0 atom stereocenters. The summed E-state index contributed by atoms with van der Waals surface area (Å²) in [7, 11) is 0. The summed E-state index contributed by atoms with van der Waals surface area (Å²) in [5, 5.41) is 13.8. The number of ether oxygens (including phenoxy) is 1. The molecule has 0 unspecified atom stereocenters. The van der Waals surface area contributed by atoms with Gasteiger partial charge in [0.15, 0.2) is 11.0 Å². The number of morpholine rings is 1. The summed E-state index contributed by atoms with van der Waals surface area (Å²) in [6.07, 6.45) is 2.39. The van der Waals surface area contributed by atoms with Crippen LogP contribution in [0.1, 0.15) is 50.4 Å². The maximum Gasteiger partial charge on any atom is 0.229 e. The van der Waals surface area contributed by atoms with E-state index in [4.69, 9.17) is 9.26 Å². The monoisotopic (exact) mass is 350 g/mol. The summed E-state index contributed by atoms with van der Waals surface area (Å²) in [5.74, 6) is 3.26. The van der Waals surface area contributed by atoms with E-state index in [-0.39, 0.29) is 5.92 Å². The molecule has 1 aliphatic carbocycles. The first kappa shape index (κ1) is 15.9. The molecule has 9 heteroatoms. The predicted molar refractivity (Wildman–Crippen MR) is 89.3 cm³/mol. The number of aromatic nitrogens is 5. The Morgan fingerprint density at radius 1 is 1.21 bits per heavy atom. The number of thioether (sulfide) groups is 1. The van der Waals surface area contributed by atoms with Crippen LogP contribution in [0.5, 0.6) is 0 Å². The quantitative estimate of drug-likeness (QED) is 0.734. The molecule has 8 nitrogen and oxygen atoms in total. The van der Waals surface area contributed by atoms with Gasteiger partial charge in [-0.25, -0.2) is 0 Å². The van der Waals surface area contributed by atoms with Crippen LogP contribution < -0.4 is 4.90 Å². The van der Waals surface area contributed by atoms with Crippen LogP contribution >= 0.6 is 11.8 Å². The van der Waals surface area contributed by atoms with E-state index in [0.717, 1.165) is 37.4 Å². The second kappa shape index (κ2) is 6.72. The van der Waals surface area contributed by atoms with Crippen molar-refractivity contribution in [3.8, 4) is 0 Å². The van der Waals surface area contributed by atoms with Gasteiger partial charge in [0.05, 0.1) is 19.0 Å². The van der Waals surface area contributed by atoms with Gasteiger partial charge in [0.2, 0.25) is 11.8 Å². The van der Waals surface area contributed by atoms with Crippen LogP contribution in [0.2, 0.25) is 0 Å². The van der Waals surface area contributed by atoms with E-state index in [1.807, 2.05) is 13.8 Å². The molecular weight excluding hydrogens is 328 g/mol. The average Bonchev–Trinajstić information content (AvgIpc) is 3.17. The van der Waals surface area contributed by atoms with E-state index in [0.29, 0.717) is 23.5 Å². The van der Waals surface area contributed by atoms with Crippen LogP contribution in [0.3, 0.4) is 0 Å². The van der Waals surface area contributed by atoms with Crippen molar-refractivity contribution in [1.29, 1.82) is 0 Å². The van der Waals surface area contributed by atoms with Gasteiger partial charge in [0.1, 0.15) is 0 Å². The second-order valence-electron chi connectivity index (χ2n) is 6.48. The maximum atomic E-state index is 5.44. The second-order valence-corrected chi connectivity index (χ2v) is 7.42. The summed E-state index contributed by atoms with van der Waals surface area (Å²) in [6.45, 7) is 7.34. The maximum absolute atomic E-state index is 5.44. The molecule has 4 rings (SSSR count). The highest BCUT2D eigenvalue weighted by atomic mass is 32.2. The zero-order chi connectivity index (χ0) is 16.5. The largest absolute Gasteiger partial charge is 0.378 e. The van der Waals surface area contributed by atoms with Gasteiger partial charge in [-0.1, -0.05) is 30.8 Å². The lowest BCUT2D eigenvalue weighted by Crippen LogP contribution is -2.38. The molecule has 2 aliphatic rings. The van der Waals surface area contributed by atoms with Crippen LogP contribution in [0.4, 0.5) is 5.95 Å². The lowest BCUT2D eigenvalue weighted by atomic mass is 10.2. The third-order valence-corrected chi connectivity index (χ3v) is 5.10. The molecular formula is C15H22N6O2S. The van der Waals surface area contributed by atoms with Crippen LogP contribution in [-0.2, 0) is 10.5 Å². The van der Waals surface area contributed by atoms with Crippen LogP contribution in [0.25, 0.3) is 0 Å². The summed E-state index contributed by atoms with van der Waals surface area (Å²) in [6, 6.07) is 0.525. The first-order valence-corrected chi connectivity index (χ1v) is 9.44. The van der Waals surface area contributed by atoms with Crippen LogP contribution in [-0.4, -0.2) is 51.2 Å². The van der Waals surface area contributed by atoms with E-state index in [1.54, 1.807) is 11.8 Å². The van der Waals surface area contributed by atoms with Crippen LogP contribution in [0.15, 0.2) is 9.68 Å². The average molecular weight is 350 g/mol. The van der Waals surface area contributed by atoms with E-state index in [9.17, 15) is 0 Å². The van der Waals surface area contributed by atoms with Gasteiger partial charge in [0.25, 0.3) is 0 Å². The minimum Gasteiger partial charge on any atom is -0.378 e. The van der Waals surface area contributed by atoms with Gasteiger partial charge in [0, 0.05) is 25.0 Å². The van der Waals surface area contributed by atoms with E-state index in [1.165, 1.54) is 12.8 Å². The summed E-state index contributed by atoms with van der Waals surface area (Å²) >= 11 is 1.62. The lowest BCUT2D eigenvalue weighted by molar-refractivity contribution is 0.121. The van der Waals surface area contributed by atoms with Crippen molar-refractivity contribution in [3.63, 3.8) is 0 Å². The normalized spacial score (nSPS) is 18.5. The van der Waals surface area contributed by atoms with Gasteiger partial charge in [-0.3, -0.25) is 4.57 Å². The summed E-state index contributed by atoms with van der Waals surface area (Å²) < 4.78 is 13.0. The Morgan fingerprint density at radius 2 is 2.00 bits per heavy atom. The smallest absolute Gasteiger partial charge is 0.229 e. The third kappa shape index (κ3) is 3.27. The molecule has 130 valence electrons. The fourth-order valence-corrected chi connectivity index (χ4v) is 3.53. The molecule has 1 saturated carbocycles. The van der Waals surface area contributed by atoms with Gasteiger partial charge in [-0.05, 0) is 12.8 Å². The minimum atomic E-state index is 0.249. The number of hydrogen-bond donors (Lipinski definition) is 0. The molecule has 0 bridgehead atoms. The van der Waals surface area contributed by atoms with E-state index < -0.39 is 0 Å². The van der Waals surface area contributed by atoms with Crippen molar-refractivity contribution < 1.29 is 9.26 Å². The molecule has 2 aromatic heterocycles. The molecule has 24 heavy (non-hydrogen) atoms. The van der Waals surface area contributed by atoms with E-state index in [2.05, 4.69) is 29.8 Å². The summed E-state index contributed by atoms with van der Waals surface area (Å²) in [4.78, 5) is 6.70. The molecule has 0 radical (unpaired) electrons. The Bertz CT molecular complexity index is 690. The highest BCUT2D eigenvalue weighted by molar-refractivity contribution is 7.98. The standard InChI is InChI=1S/C15H22N6O2S/c1-10(2)13-16-12(19-23-13)9-24-15-18-17-14(21(15)11-3-4-11)20-5-7-22-8-6-20/h10-11H,3-9H2,1-2H3. The Morgan fingerprint density at radius 3 is 2.67 bits per heavy atom. The Balaban J connectivity index is 1.49. The Hall–Kier alpha value is -1.61. The number of nitrogens with zero attached hydrogens (tertiary/aromatic N) is 6. The molecule has 0 aromatic carbocycles. The van der Waals surface area contributed by atoms with Gasteiger partial charge >= 0.3 is 0 Å². The predicted octanol–water partition coefficient (Wildman–Crippen LogP) is 2.25. The molecule has 2 fully saturated rings. The van der Waals surface area contributed by atoms with Crippen molar-refractivity contribution in [1.82, 2.24) is 24.9 Å². The SMILES string of the molecule is CC(C)c1nc(CSc2nnc(N3CCOCC3)n2C2CC2)no1. The van der Waals surface area contributed by atoms with Gasteiger partial charge < -0.3 is 14.2 Å². The number of hydrogen-bond acceptors (Lipinski definition) is 8. The van der Waals surface area contributed by atoms with Gasteiger partial charge in [-0.15, -0.1) is 10.2 Å². The van der Waals surface area contributed by atoms with Gasteiger partial charge in [-0.2, -0.15) is 4.98 Å².